The van der Waals surface area contributed by atoms with E-state index in [0.29, 0.717) is 32.2 Å². The molecule has 0 atom stereocenters. The highest BCUT2D eigenvalue weighted by atomic mass is 19.1. The van der Waals surface area contributed by atoms with E-state index in [1.807, 2.05) is 13.8 Å². The Balaban J connectivity index is 2.55. The van der Waals surface area contributed by atoms with Crippen LogP contribution in [-0.4, -0.2) is 31.3 Å². The molecule has 1 aromatic rings. The number of aromatic nitrogens is 1. The molecule has 0 spiro atoms. The van der Waals surface area contributed by atoms with Gasteiger partial charge in [0.05, 0.1) is 12.8 Å². The maximum atomic E-state index is 13.0. The Bertz CT molecular complexity index is 334. The normalized spacial score (nSPS) is 10.5. The second-order valence-corrected chi connectivity index (χ2v) is 3.44. The number of ether oxygens (including phenoxy) is 2. The first-order valence-electron chi connectivity index (χ1n) is 5.83. The summed E-state index contributed by atoms with van der Waals surface area (Å²) in [6.45, 7) is 6.86. The largest absolute Gasteiger partial charge is 0.475 e. The van der Waals surface area contributed by atoms with Crippen molar-refractivity contribution in [2.75, 3.05) is 26.4 Å². The highest BCUT2D eigenvalue weighted by molar-refractivity contribution is 5.26. The molecule has 1 heterocycles. The van der Waals surface area contributed by atoms with Crippen molar-refractivity contribution in [3.05, 3.63) is 23.6 Å². The Labute approximate surface area is 101 Å². The number of hydrogen-bond donors (Lipinski definition) is 1. The molecule has 17 heavy (non-hydrogen) atoms. The standard InChI is InChI=1S/C12H19FN2O2/c1-3-14-8-10-7-11(13)9-15-12(10)17-6-5-16-4-2/h7,9,14H,3-6,8H2,1-2H3. The molecule has 0 aliphatic carbocycles. The van der Waals surface area contributed by atoms with Crippen LogP contribution < -0.4 is 10.1 Å². The molecular formula is C12H19FN2O2. The van der Waals surface area contributed by atoms with Crippen LogP contribution in [0.5, 0.6) is 5.88 Å². The third kappa shape index (κ3) is 5.10. The van der Waals surface area contributed by atoms with Gasteiger partial charge in [0.15, 0.2) is 0 Å². The summed E-state index contributed by atoms with van der Waals surface area (Å²) in [5, 5.41) is 3.12. The third-order valence-corrected chi connectivity index (χ3v) is 2.13. The fourth-order valence-corrected chi connectivity index (χ4v) is 1.33. The van der Waals surface area contributed by atoms with Gasteiger partial charge in [-0.15, -0.1) is 0 Å². The molecule has 0 bridgehead atoms. The molecule has 1 aromatic heterocycles. The summed E-state index contributed by atoms with van der Waals surface area (Å²) in [5.74, 6) is 0.113. The summed E-state index contributed by atoms with van der Waals surface area (Å²) in [6.07, 6.45) is 1.16. The second kappa shape index (κ2) is 7.97. The zero-order valence-corrected chi connectivity index (χ0v) is 10.3. The monoisotopic (exact) mass is 242 g/mol. The van der Waals surface area contributed by atoms with Gasteiger partial charge in [0.25, 0.3) is 0 Å². The van der Waals surface area contributed by atoms with Crippen LogP contribution in [0.25, 0.3) is 0 Å². The van der Waals surface area contributed by atoms with Gasteiger partial charge >= 0.3 is 0 Å². The molecule has 0 fully saturated rings. The Hall–Kier alpha value is -1.20. The van der Waals surface area contributed by atoms with Crippen LogP contribution >= 0.6 is 0 Å². The summed E-state index contributed by atoms with van der Waals surface area (Å²) in [4.78, 5) is 3.94. The third-order valence-electron chi connectivity index (χ3n) is 2.13. The van der Waals surface area contributed by atoms with Crippen LogP contribution in [0.4, 0.5) is 4.39 Å². The van der Waals surface area contributed by atoms with E-state index in [9.17, 15) is 4.39 Å². The number of nitrogens with one attached hydrogen (secondary N) is 1. The summed E-state index contributed by atoms with van der Waals surface area (Å²) < 4.78 is 23.7. The minimum atomic E-state index is -0.352. The maximum absolute atomic E-state index is 13.0. The van der Waals surface area contributed by atoms with Crippen molar-refractivity contribution in [2.45, 2.75) is 20.4 Å². The number of halogens is 1. The molecule has 0 radical (unpaired) electrons. The van der Waals surface area contributed by atoms with E-state index in [2.05, 4.69) is 10.3 Å². The van der Waals surface area contributed by atoms with Crippen molar-refractivity contribution in [3.8, 4) is 5.88 Å². The van der Waals surface area contributed by atoms with Crippen LogP contribution in [0.2, 0.25) is 0 Å². The second-order valence-electron chi connectivity index (χ2n) is 3.44. The molecular weight excluding hydrogens is 223 g/mol. The van der Waals surface area contributed by atoms with Gasteiger partial charge in [0, 0.05) is 18.7 Å². The molecule has 1 N–H and O–H groups in total. The highest BCUT2D eigenvalue weighted by Gasteiger charge is 2.06. The van der Waals surface area contributed by atoms with Gasteiger partial charge in [0.2, 0.25) is 5.88 Å². The van der Waals surface area contributed by atoms with Crippen molar-refractivity contribution in [1.82, 2.24) is 10.3 Å². The zero-order valence-electron chi connectivity index (χ0n) is 10.3. The number of pyridine rings is 1. The summed E-state index contributed by atoms with van der Waals surface area (Å²) in [7, 11) is 0. The van der Waals surface area contributed by atoms with Gasteiger partial charge in [-0.25, -0.2) is 9.37 Å². The van der Waals surface area contributed by atoms with Crippen LogP contribution in [-0.2, 0) is 11.3 Å². The van der Waals surface area contributed by atoms with E-state index in [1.54, 1.807) is 0 Å². The summed E-state index contributed by atoms with van der Waals surface area (Å²) >= 11 is 0. The van der Waals surface area contributed by atoms with Crippen molar-refractivity contribution in [2.24, 2.45) is 0 Å². The van der Waals surface area contributed by atoms with Crippen molar-refractivity contribution >= 4 is 0 Å². The van der Waals surface area contributed by atoms with Gasteiger partial charge in [-0.2, -0.15) is 0 Å². The van der Waals surface area contributed by atoms with Crippen LogP contribution in [0.15, 0.2) is 12.3 Å². The Kier molecular flexibility index (Phi) is 6.50. The fourth-order valence-electron chi connectivity index (χ4n) is 1.33. The molecule has 96 valence electrons. The van der Waals surface area contributed by atoms with Crippen molar-refractivity contribution < 1.29 is 13.9 Å². The lowest BCUT2D eigenvalue weighted by atomic mass is 10.2. The molecule has 5 heteroatoms. The first kappa shape index (κ1) is 13.9. The molecule has 0 unspecified atom stereocenters. The SMILES string of the molecule is CCNCc1cc(F)cnc1OCCOCC. The van der Waals surface area contributed by atoms with E-state index >= 15 is 0 Å². The Morgan fingerprint density at radius 2 is 2.18 bits per heavy atom. The smallest absolute Gasteiger partial charge is 0.218 e. The average Bonchev–Trinajstić information content (AvgIpc) is 2.34. The molecule has 0 amide bonds. The minimum absolute atomic E-state index is 0.352. The fraction of sp³-hybridized carbons (Fsp3) is 0.583. The lowest BCUT2D eigenvalue weighted by Crippen LogP contribution is -2.15. The van der Waals surface area contributed by atoms with Crippen LogP contribution in [0.1, 0.15) is 19.4 Å². The molecule has 0 saturated heterocycles. The molecule has 4 nitrogen and oxygen atoms in total. The topological polar surface area (TPSA) is 43.4 Å². The van der Waals surface area contributed by atoms with Gasteiger partial charge in [-0.1, -0.05) is 6.92 Å². The molecule has 0 aliphatic heterocycles. The molecule has 1 rings (SSSR count). The van der Waals surface area contributed by atoms with Crippen LogP contribution in [0, 0.1) is 5.82 Å². The van der Waals surface area contributed by atoms with Gasteiger partial charge < -0.3 is 14.8 Å². The number of nitrogens with zero attached hydrogens (tertiary/aromatic N) is 1. The van der Waals surface area contributed by atoms with E-state index in [1.165, 1.54) is 6.07 Å². The lowest BCUT2D eigenvalue weighted by Gasteiger charge is -2.10. The van der Waals surface area contributed by atoms with Crippen molar-refractivity contribution in [3.63, 3.8) is 0 Å². The highest BCUT2D eigenvalue weighted by Crippen LogP contribution is 2.15. The molecule has 0 aromatic carbocycles. The Morgan fingerprint density at radius 1 is 1.35 bits per heavy atom. The minimum Gasteiger partial charge on any atom is -0.475 e. The zero-order chi connectivity index (χ0) is 12.5. The predicted octanol–water partition coefficient (Wildman–Crippen LogP) is 1.75. The van der Waals surface area contributed by atoms with E-state index in [4.69, 9.17) is 9.47 Å². The van der Waals surface area contributed by atoms with Gasteiger partial charge in [-0.05, 0) is 19.5 Å². The van der Waals surface area contributed by atoms with E-state index in [0.717, 1.165) is 18.3 Å². The van der Waals surface area contributed by atoms with Crippen molar-refractivity contribution in [1.29, 1.82) is 0 Å². The number of hydrogen-bond acceptors (Lipinski definition) is 4. The average molecular weight is 242 g/mol. The first-order valence-corrected chi connectivity index (χ1v) is 5.83. The Morgan fingerprint density at radius 3 is 2.88 bits per heavy atom. The first-order chi connectivity index (χ1) is 8.27. The number of rotatable bonds is 8. The summed E-state index contributed by atoms with van der Waals surface area (Å²) in [5.41, 5.74) is 0.725. The predicted molar refractivity (Wildman–Crippen MR) is 63.6 cm³/mol. The van der Waals surface area contributed by atoms with E-state index < -0.39 is 0 Å². The van der Waals surface area contributed by atoms with E-state index in [-0.39, 0.29) is 5.82 Å². The van der Waals surface area contributed by atoms with Gasteiger partial charge in [0.1, 0.15) is 12.4 Å². The summed E-state index contributed by atoms with van der Waals surface area (Å²) in [6, 6.07) is 1.44. The lowest BCUT2D eigenvalue weighted by molar-refractivity contribution is 0.108. The quantitative estimate of drug-likeness (QED) is 0.705. The van der Waals surface area contributed by atoms with Gasteiger partial charge in [-0.3, -0.25) is 0 Å². The maximum Gasteiger partial charge on any atom is 0.218 e. The van der Waals surface area contributed by atoms with Crippen LogP contribution in [0.3, 0.4) is 0 Å². The molecule has 0 aliphatic rings. The molecule has 0 saturated carbocycles.